The second-order valence-corrected chi connectivity index (χ2v) is 11.1. The van der Waals surface area contributed by atoms with Crippen LogP contribution in [0.25, 0.3) is 17.1 Å². The second-order valence-electron chi connectivity index (χ2n) is 11.1. The molecule has 0 spiro atoms. The fourth-order valence-corrected chi connectivity index (χ4v) is 5.59. The molecule has 2 aromatic carbocycles. The zero-order valence-corrected chi connectivity index (χ0v) is 25.4. The number of alkyl halides is 3. The summed E-state index contributed by atoms with van der Waals surface area (Å²) < 4.78 is 54.1. The zero-order valence-electron chi connectivity index (χ0n) is 25.4. The Morgan fingerprint density at radius 2 is 1.87 bits per heavy atom. The Morgan fingerprint density at radius 3 is 2.65 bits per heavy atom. The lowest BCUT2D eigenvalue weighted by Gasteiger charge is -2.28. The summed E-state index contributed by atoms with van der Waals surface area (Å²) in [4.78, 5) is 23.6. The van der Waals surface area contributed by atoms with Gasteiger partial charge in [-0.3, -0.25) is 9.88 Å². The van der Waals surface area contributed by atoms with Gasteiger partial charge in [-0.25, -0.2) is 14.5 Å². The molecule has 3 aromatic heterocycles. The molecule has 0 aliphatic carbocycles. The largest absolute Gasteiger partial charge is 0.488 e. The van der Waals surface area contributed by atoms with E-state index in [4.69, 9.17) is 9.47 Å². The van der Waals surface area contributed by atoms with Gasteiger partial charge in [0.25, 0.3) is 0 Å². The molecular weight excluding hydrogens is 595 g/mol. The van der Waals surface area contributed by atoms with Crippen molar-refractivity contribution >= 4 is 5.97 Å². The fourth-order valence-electron chi connectivity index (χ4n) is 5.59. The number of hydrogen-bond acceptors (Lipinski definition) is 7. The number of carbonyl (C=O) groups is 1. The Morgan fingerprint density at radius 1 is 1.00 bits per heavy atom. The molecule has 1 aliphatic rings. The smallest absolute Gasteiger partial charge is 0.434 e. The number of aryl methyl sites for hydroxylation is 1. The van der Waals surface area contributed by atoms with Crippen LogP contribution in [0.15, 0.2) is 85.2 Å². The van der Waals surface area contributed by atoms with Crippen molar-refractivity contribution in [2.24, 2.45) is 0 Å². The van der Waals surface area contributed by atoms with E-state index in [1.165, 1.54) is 24.1 Å². The number of esters is 1. The average Bonchev–Trinajstić information content (AvgIpc) is 3.52. The van der Waals surface area contributed by atoms with Crippen LogP contribution in [-0.4, -0.2) is 43.8 Å². The van der Waals surface area contributed by atoms with E-state index in [2.05, 4.69) is 38.2 Å². The molecular formula is C35H32F3N5O3. The van der Waals surface area contributed by atoms with Gasteiger partial charge in [-0.2, -0.15) is 18.3 Å². The minimum absolute atomic E-state index is 0.0675. The summed E-state index contributed by atoms with van der Waals surface area (Å²) in [6.07, 6.45) is -1.28. The topological polar surface area (TPSA) is 82.4 Å². The van der Waals surface area contributed by atoms with Crippen LogP contribution in [0.5, 0.6) is 5.75 Å². The standard InChI is InChI=1S/C35H32F3N5O3/c1-3-45-34(44)29-19-40-43(33(29)35(36,37)38)32-9-6-8-30(41-32)28-17-23(2)10-13-31(28)46-22-24-11-12-26-20-42(16-14-25(26)18-24)21-27-7-4-5-15-39-27/h4-13,15,17-19H,3,14,16,20-22H2,1-2H3. The maximum absolute atomic E-state index is 14.1. The van der Waals surface area contributed by atoms with Gasteiger partial charge < -0.3 is 9.47 Å². The monoisotopic (exact) mass is 627 g/mol. The molecule has 4 heterocycles. The number of carbonyl (C=O) groups excluding carboxylic acids is 1. The van der Waals surface area contributed by atoms with Crippen LogP contribution in [0.3, 0.4) is 0 Å². The van der Waals surface area contributed by atoms with Crippen LogP contribution in [0.2, 0.25) is 0 Å². The lowest BCUT2D eigenvalue weighted by atomic mass is 9.97. The zero-order chi connectivity index (χ0) is 32.3. The third kappa shape index (κ3) is 6.79. The first-order valence-electron chi connectivity index (χ1n) is 15.0. The number of benzene rings is 2. The molecule has 0 radical (unpaired) electrons. The molecule has 11 heteroatoms. The van der Waals surface area contributed by atoms with Crippen LogP contribution in [0.4, 0.5) is 13.2 Å². The highest BCUT2D eigenvalue weighted by Crippen LogP contribution is 2.35. The molecule has 0 saturated carbocycles. The molecule has 0 saturated heterocycles. The van der Waals surface area contributed by atoms with Gasteiger partial charge in [0.15, 0.2) is 11.5 Å². The van der Waals surface area contributed by atoms with Gasteiger partial charge in [0.05, 0.1) is 24.2 Å². The summed E-state index contributed by atoms with van der Waals surface area (Å²) in [6, 6.07) is 22.7. The predicted octanol–water partition coefficient (Wildman–Crippen LogP) is 6.97. The van der Waals surface area contributed by atoms with E-state index in [1.54, 1.807) is 12.1 Å². The highest BCUT2D eigenvalue weighted by Gasteiger charge is 2.41. The first-order valence-corrected chi connectivity index (χ1v) is 15.0. The lowest BCUT2D eigenvalue weighted by molar-refractivity contribution is -0.143. The molecule has 5 aromatic rings. The van der Waals surface area contributed by atoms with Gasteiger partial charge in [-0.15, -0.1) is 0 Å². The van der Waals surface area contributed by atoms with Crippen molar-refractivity contribution in [2.75, 3.05) is 13.2 Å². The maximum Gasteiger partial charge on any atom is 0.434 e. The number of rotatable bonds is 9. The molecule has 0 fully saturated rings. The minimum atomic E-state index is -4.87. The van der Waals surface area contributed by atoms with Crippen molar-refractivity contribution in [1.29, 1.82) is 0 Å². The lowest BCUT2D eigenvalue weighted by Crippen LogP contribution is -2.30. The summed E-state index contributed by atoms with van der Waals surface area (Å²) in [5.74, 6) is -0.659. The number of fused-ring (bicyclic) bond motifs is 1. The number of halogens is 3. The van der Waals surface area contributed by atoms with Crippen LogP contribution in [0, 0.1) is 6.92 Å². The van der Waals surface area contributed by atoms with Gasteiger partial charge in [-0.1, -0.05) is 42.0 Å². The number of nitrogens with zero attached hydrogens (tertiary/aromatic N) is 5. The summed E-state index contributed by atoms with van der Waals surface area (Å²) >= 11 is 0. The molecule has 0 amide bonds. The van der Waals surface area contributed by atoms with Crippen molar-refractivity contribution < 1.29 is 27.4 Å². The first-order chi connectivity index (χ1) is 22.2. The highest BCUT2D eigenvalue weighted by molar-refractivity contribution is 5.90. The van der Waals surface area contributed by atoms with Gasteiger partial charge >= 0.3 is 12.1 Å². The minimum Gasteiger partial charge on any atom is -0.488 e. The maximum atomic E-state index is 14.1. The Kier molecular flexibility index (Phi) is 8.85. The molecule has 0 N–H and O–H groups in total. The molecule has 6 rings (SSSR count). The molecule has 236 valence electrons. The van der Waals surface area contributed by atoms with E-state index in [1.807, 2.05) is 49.5 Å². The number of pyridine rings is 2. The van der Waals surface area contributed by atoms with Crippen LogP contribution in [0.1, 0.15) is 50.9 Å². The quantitative estimate of drug-likeness (QED) is 0.163. The summed E-state index contributed by atoms with van der Waals surface area (Å²) in [5.41, 5.74) is 4.67. The van der Waals surface area contributed by atoms with Gasteiger partial charge in [-0.05, 0) is 73.4 Å². The average molecular weight is 628 g/mol. The third-order valence-corrected chi connectivity index (χ3v) is 7.76. The molecule has 0 atom stereocenters. The number of hydrogen-bond donors (Lipinski definition) is 0. The normalized spacial score (nSPS) is 13.3. The second kappa shape index (κ2) is 13.1. The molecule has 46 heavy (non-hydrogen) atoms. The van der Waals surface area contributed by atoms with Crippen molar-refractivity contribution in [2.45, 2.75) is 46.1 Å². The molecule has 0 bridgehead atoms. The van der Waals surface area contributed by atoms with Crippen LogP contribution >= 0.6 is 0 Å². The van der Waals surface area contributed by atoms with E-state index in [-0.39, 0.29) is 12.4 Å². The Bertz CT molecular complexity index is 1860. The van der Waals surface area contributed by atoms with Gasteiger partial charge in [0.2, 0.25) is 0 Å². The summed E-state index contributed by atoms with van der Waals surface area (Å²) in [6.45, 7) is 6.27. The van der Waals surface area contributed by atoms with E-state index in [9.17, 15) is 18.0 Å². The first kappa shape index (κ1) is 31.0. The molecule has 1 aliphatic heterocycles. The number of aromatic nitrogens is 4. The summed E-state index contributed by atoms with van der Waals surface area (Å²) in [5, 5.41) is 3.86. The molecule has 0 unspecified atom stereocenters. The van der Waals surface area contributed by atoms with Crippen molar-refractivity contribution in [3.05, 3.63) is 124 Å². The predicted molar refractivity (Wildman–Crippen MR) is 165 cm³/mol. The Hall–Kier alpha value is -5.03. The van der Waals surface area contributed by atoms with Crippen molar-refractivity contribution in [3.8, 4) is 22.8 Å². The van der Waals surface area contributed by atoms with E-state index in [0.29, 0.717) is 28.3 Å². The van der Waals surface area contributed by atoms with E-state index in [0.717, 1.165) is 49.1 Å². The summed E-state index contributed by atoms with van der Waals surface area (Å²) in [7, 11) is 0. The van der Waals surface area contributed by atoms with E-state index >= 15 is 0 Å². The SMILES string of the molecule is CCOC(=O)c1cnn(-c2cccc(-c3cc(C)ccc3OCc3ccc4c(c3)CCN(Cc3ccccn3)C4)n2)c1C(F)(F)F. The van der Waals surface area contributed by atoms with Crippen molar-refractivity contribution in [3.63, 3.8) is 0 Å². The van der Waals surface area contributed by atoms with Gasteiger partial charge in [0, 0.05) is 31.4 Å². The van der Waals surface area contributed by atoms with Gasteiger partial charge in [0.1, 0.15) is 17.9 Å². The van der Waals surface area contributed by atoms with Crippen molar-refractivity contribution in [1.82, 2.24) is 24.6 Å². The van der Waals surface area contributed by atoms with Crippen LogP contribution in [-0.2, 0) is 37.0 Å². The Balaban J connectivity index is 1.22. The number of ether oxygens (including phenoxy) is 2. The third-order valence-electron chi connectivity index (χ3n) is 7.76. The fraction of sp³-hybridized carbons (Fsp3) is 0.257. The Labute approximate surface area is 264 Å². The van der Waals surface area contributed by atoms with Crippen LogP contribution < -0.4 is 4.74 Å². The molecule has 8 nitrogen and oxygen atoms in total. The highest BCUT2D eigenvalue weighted by atomic mass is 19.4. The van der Waals surface area contributed by atoms with E-state index < -0.39 is 23.4 Å².